The lowest BCUT2D eigenvalue weighted by Crippen LogP contribution is -2.47. The predicted molar refractivity (Wildman–Crippen MR) is 77.5 cm³/mol. The van der Waals surface area contributed by atoms with E-state index in [0.717, 1.165) is 0 Å². The van der Waals surface area contributed by atoms with Crippen molar-refractivity contribution in [2.45, 2.75) is 18.3 Å². The molecule has 1 aliphatic heterocycles. The van der Waals surface area contributed by atoms with Gasteiger partial charge in [-0.05, 0) is 29.8 Å². The lowest BCUT2D eigenvalue weighted by molar-refractivity contribution is -0.274. The van der Waals surface area contributed by atoms with Crippen LogP contribution in [0.15, 0.2) is 42.6 Å². The minimum absolute atomic E-state index is 0.282. The largest absolute Gasteiger partial charge is 0.573 e. The second-order valence-corrected chi connectivity index (χ2v) is 5.19. The first-order chi connectivity index (χ1) is 11.4. The number of aromatic nitrogens is 1. The number of ether oxygens (including phenoxy) is 2. The van der Waals surface area contributed by atoms with Crippen LogP contribution in [0.4, 0.5) is 13.2 Å². The van der Waals surface area contributed by atoms with Gasteiger partial charge in [-0.2, -0.15) is 0 Å². The number of halogens is 3. The zero-order valence-electron chi connectivity index (χ0n) is 12.3. The molecule has 2 aromatic rings. The minimum Gasteiger partial charge on any atom is -0.491 e. The molecule has 0 bridgehead atoms. The Morgan fingerprint density at radius 2 is 2.12 bits per heavy atom. The van der Waals surface area contributed by atoms with Gasteiger partial charge in [-0.25, -0.2) is 0 Å². The Morgan fingerprint density at radius 1 is 1.29 bits per heavy atom. The molecule has 2 heterocycles. The van der Waals surface area contributed by atoms with E-state index in [4.69, 9.17) is 4.74 Å². The van der Waals surface area contributed by atoms with Crippen molar-refractivity contribution < 1.29 is 27.4 Å². The fraction of sp³-hybridized carbons (Fsp3) is 0.250. The summed E-state index contributed by atoms with van der Waals surface area (Å²) in [4.78, 5) is 15.4. The Balaban J connectivity index is 2.10. The summed E-state index contributed by atoms with van der Waals surface area (Å²) in [6.45, 7) is 0.282. The van der Waals surface area contributed by atoms with Crippen LogP contribution in [0, 0.1) is 0 Å². The summed E-state index contributed by atoms with van der Waals surface area (Å²) in [5, 5.41) is 2.70. The van der Waals surface area contributed by atoms with Crippen LogP contribution in [0.25, 0.3) is 0 Å². The maximum atomic E-state index is 12.5. The average molecular weight is 338 g/mol. The third-order valence-corrected chi connectivity index (χ3v) is 3.78. The Hall–Kier alpha value is -2.77. The standard InChI is InChI=1S/C16H13F3N2O3/c17-16(18,19)24-12-4-1-3-11(9-12)15(21-10-22)6-8-23-13-5-2-7-20-14(13)15/h1-5,7,9-10H,6,8H2,(H,21,22). The summed E-state index contributed by atoms with van der Waals surface area (Å²) in [6, 6.07) is 8.86. The van der Waals surface area contributed by atoms with E-state index in [1.54, 1.807) is 18.2 Å². The van der Waals surface area contributed by atoms with Crippen LogP contribution < -0.4 is 14.8 Å². The van der Waals surface area contributed by atoms with Crippen LogP contribution in [0.1, 0.15) is 17.7 Å². The first-order valence-corrected chi connectivity index (χ1v) is 7.10. The fourth-order valence-corrected chi connectivity index (χ4v) is 2.82. The van der Waals surface area contributed by atoms with Crippen molar-refractivity contribution in [1.82, 2.24) is 10.3 Å². The molecule has 1 aromatic carbocycles. The first kappa shape index (κ1) is 16.1. The summed E-state index contributed by atoms with van der Waals surface area (Å²) in [6.07, 6.45) is -2.44. The summed E-state index contributed by atoms with van der Waals surface area (Å²) in [5.41, 5.74) is -0.214. The van der Waals surface area contributed by atoms with E-state index < -0.39 is 11.9 Å². The summed E-state index contributed by atoms with van der Waals surface area (Å²) in [5.74, 6) is 0.108. The molecular weight excluding hydrogens is 325 g/mol. The van der Waals surface area contributed by atoms with E-state index in [2.05, 4.69) is 15.0 Å². The molecule has 0 saturated heterocycles. The number of fused-ring (bicyclic) bond motifs is 1. The molecule has 3 rings (SSSR count). The number of hydrogen-bond donors (Lipinski definition) is 1. The van der Waals surface area contributed by atoms with Crippen LogP contribution in [-0.4, -0.2) is 24.4 Å². The third-order valence-electron chi connectivity index (χ3n) is 3.78. The number of nitrogens with one attached hydrogen (secondary N) is 1. The summed E-state index contributed by atoms with van der Waals surface area (Å²) < 4.78 is 46.9. The van der Waals surface area contributed by atoms with Gasteiger partial charge in [0, 0.05) is 12.6 Å². The predicted octanol–water partition coefficient (Wildman–Crippen LogP) is 2.75. The third kappa shape index (κ3) is 2.99. The SMILES string of the molecule is O=CNC1(c2cccc(OC(F)(F)F)c2)CCOc2cccnc21. The number of nitrogens with zero attached hydrogens (tertiary/aromatic N) is 1. The first-order valence-electron chi connectivity index (χ1n) is 7.10. The van der Waals surface area contributed by atoms with Crippen LogP contribution in [0.5, 0.6) is 11.5 Å². The molecule has 0 aliphatic carbocycles. The molecule has 1 aliphatic rings. The highest BCUT2D eigenvalue weighted by Crippen LogP contribution is 2.41. The van der Waals surface area contributed by atoms with E-state index in [0.29, 0.717) is 29.8 Å². The molecule has 126 valence electrons. The number of rotatable bonds is 4. The van der Waals surface area contributed by atoms with Gasteiger partial charge >= 0.3 is 6.36 Å². The highest BCUT2D eigenvalue weighted by molar-refractivity contribution is 5.56. The molecule has 1 amide bonds. The van der Waals surface area contributed by atoms with E-state index in [9.17, 15) is 18.0 Å². The average Bonchev–Trinajstić information content (AvgIpc) is 2.54. The monoisotopic (exact) mass is 338 g/mol. The maximum Gasteiger partial charge on any atom is 0.573 e. The van der Waals surface area contributed by atoms with Gasteiger partial charge in [-0.1, -0.05) is 12.1 Å². The van der Waals surface area contributed by atoms with Crippen LogP contribution in [0.3, 0.4) is 0 Å². The highest BCUT2D eigenvalue weighted by atomic mass is 19.4. The van der Waals surface area contributed by atoms with E-state index in [1.807, 2.05) is 0 Å². The molecule has 1 aromatic heterocycles. The van der Waals surface area contributed by atoms with Crippen molar-refractivity contribution in [3.63, 3.8) is 0 Å². The quantitative estimate of drug-likeness (QED) is 0.871. The normalized spacial score (nSPS) is 19.8. The minimum atomic E-state index is -4.80. The Labute approximate surface area is 135 Å². The molecular formula is C16H13F3N2O3. The molecule has 0 radical (unpaired) electrons. The Bertz CT molecular complexity index is 751. The van der Waals surface area contributed by atoms with Gasteiger partial charge in [0.1, 0.15) is 22.7 Å². The van der Waals surface area contributed by atoms with Crippen molar-refractivity contribution in [3.8, 4) is 11.5 Å². The van der Waals surface area contributed by atoms with Crippen molar-refractivity contribution in [2.75, 3.05) is 6.61 Å². The zero-order valence-corrected chi connectivity index (χ0v) is 12.3. The fourth-order valence-electron chi connectivity index (χ4n) is 2.82. The second-order valence-electron chi connectivity index (χ2n) is 5.19. The number of hydrogen-bond acceptors (Lipinski definition) is 4. The van der Waals surface area contributed by atoms with Crippen LogP contribution >= 0.6 is 0 Å². The highest BCUT2D eigenvalue weighted by Gasteiger charge is 2.41. The van der Waals surface area contributed by atoms with Crippen molar-refractivity contribution >= 4 is 6.41 Å². The number of benzene rings is 1. The smallest absolute Gasteiger partial charge is 0.491 e. The number of carbonyl (C=O) groups excluding carboxylic acids is 1. The number of amides is 1. The topological polar surface area (TPSA) is 60.5 Å². The molecule has 0 saturated carbocycles. The maximum absolute atomic E-state index is 12.5. The molecule has 1 N–H and O–H groups in total. The molecule has 8 heteroatoms. The van der Waals surface area contributed by atoms with Crippen molar-refractivity contribution in [1.29, 1.82) is 0 Å². The van der Waals surface area contributed by atoms with Crippen LogP contribution in [-0.2, 0) is 10.3 Å². The zero-order chi connectivity index (χ0) is 17.2. The molecule has 0 fully saturated rings. The van der Waals surface area contributed by atoms with Gasteiger partial charge in [0.15, 0.2) is 0 Å². The van der Waals surface area contributed by atoms with E-state index >= 15 is 0 Å². The number of pyridine rings is 1. The lowest BCUT2D eigenvalue weighted by Gasteiger charge is -2.37. The Kier molecular flexibility index (Phi) is 4.04. The van der Waals surface area contributed by atoms with Gasteiger partial charge in [0.05, 0.1) is 6.61 Å². The van der Waals surface area contributed by atoms with Crippen molar-refractivity contribution in [3.05, 3.63) is 53.9 Å². The van der Waals surface area contributed by atoms with Gasteiger partial charge < -0.3 is 14.8 Å². The van der Waals surface area contributed by atoms with Crippen LogP contribution in [0.2, 0.25) is 0 Å². The second kappa shape index (κ2) is 6.03. The Morgan fingerprint density at radius 3 is 2.88 bits per heavy atom. The number of alkyl halides is 3. The van der Waals surface area contributed by atoms with Crippen molar-refractivity contribution in [2.24, 2.45) is 0 Å². The molecule has 1 atom stereocenters. The summed E-state index contributed by atoms with van der Waals surface area (Å²) in [7, 11) is 0. The molecule has 24 heavy (non-hydrogen) atoms. The van der Waals surface area contributed by atoms with Gasteiger partial charge in [-0.15, -0.1) is 13.2 Å². The molecule has 1 unspecified atom stereocenters. The molecule has 0 spiro atoms. The van der Waals surface area contributed by atoms with Gasteiger partial charge in [0.25, 0.3) is 0 Å². The number of carbonyl (C=O) groups is 1. The van der Waals surface area contributed by atoms with Gasteiger partial charge in [-0.3, -0.25) is 9.78 Å². The van der Waals surface area contributed by atoms with E-state index in [-0.39, 0.29) is 12.4 Å². The van der Waals surface area contributed by atoms with Gasteiger partial charge in [0.2, 0.25) is 6.41 Å². The summed E-state index contributed by atoms with van der Waals surface area (Å²) >= 11 is 0. The molecule has 5 nitrogen and oxygen atoms in total. The lowest BCUT2D eigenvalue weighted by atomic mass is 9.81. The van der Waals surface area contributed by atoms with E-state index in [1.165, 1.54) is 24.4 Å².